The Hall–Kier alpha value is -2.82. The quantitative estimate of drug-likeness (QED) is 0.161. The number of phenolic OH excluding ortho intramolecular Hbond substituents is 1. The Kier molecular flexibility index (Phi) is 9.40. The van der Waals surface area contributed by atoms with Gasteiger partial charge in [-0.05, 0) is 35.4 Å². The second kappa shape index (κ2) is 12.6. The first-order valence-electron chi connectivity index (χ1n) is 12.2. The fourth-order valence-electron chi connectivity index (χ4n) is 4.22. The molecule has 2 saturated heterocycles. The van der Waals surface area contributed by atoms with E-state index in [0.717, 1.165) is 5.56 Å². The van der Waals surface area contributed by atoms with Gasteiger partial charge in [-0.1, -0.05) is 24.3 Å². The van der Waals surface area contributed by atoms with Crippen LogP contribution >= 0.6 is 0 Å². The molecule has 0 saturated carbocycles. The normalized spacial score (nSPS) is 35.2. The van der Waals surface area contributed by atoms with Gasteiger partial charge in [0.1, 0.15) is 66.1 Å². The van der Waals surface area contributed by atoms with Gasteiger partial charge in [0.05, 0.1) is 13.2 Å². The summed E-state index contributed by atoms with van der Waals surface area (Å²) in [6.07, 6.45) is -10.9. The summed E-state index contributed by atoms with van der Waals surface area (Å²) in [6, 6.07) is 10.8. The molecule has 13 nitrogen and oxygen atoms in total. The lowest BCUT2D eigenvalue weighted by atomic mass is 9.99. The van der Waals surface area contributed by atoms with Crippen molar-refractivity contribution in [1.29, 1.82) is 0 Å². The van der Waals surface area contributed by atoms with E-state index in [0.29, 0.717) is 11.3 Å². The molecule has 2 aromatic carbocycles. The second-order valence-corrected chi connectivity index (χ2v) is 9.29. The predicted molar refractivity (Wildman–Crippen MR) is 132 cm³/mol. The molecule has 2 heterocycles. The monoisotopic (exact) mass is 552 g/mol. The maximum Gasteiger partial charge on any atom is 0.229 e. The molecule has 0 radical (unpaired) electrons. The summed E-state index contributed by atoms with van der Waals surface area (Å²) in [5.74, 6) is 0.242. The largest absolute Gasteiger partial charge is 0.508 e. The molecule has 0 aromatic heterocycles. The van der Waals surface area contributed by atoms with E-state index in [4.69, 9.17) is 18.9 Å². The fraction of sp³-hybridized carbons (Fsp3) is 0.462. The molecule has 0 bridgehead atoms. The van der Waals surface area contributed by atoms with E-state index in [1.165, 1.54) is 18.2 Å². The van der Waals surface area contributed by atoms with E-state index in [9.17, 15) is 46.0 Å². The van der Waals surface area contributed by atoms with Gasteiger partial charge < -0.3 is 64.9 Å². The van der Waals surface area contributed by atoms with Crippen LogP contribution in [-0.2, 0) is 9.47 Å². The third kappa shape index (κ3) is 6.67. The molecule has 0 aliphatic carbocycles. The highest BCUT2D eigenvalue weighted by Gasteiger charge is 2.45. The molecule has 0 unspecified atom stereocenters. The van der Waals surface area contributed by atoms with Crippen molar-refractivity contribution >= 4 is 12.2 Å². The molecule has 2 aromatic rings. The van der Waals surface area contributed by atoms with Gasteiger partial charge in [-0.2, -0.15) is 0 Å². The Morgan fingerprint density at radius 1 is 0.590 bits per heavy atom. The molecule has 2 fully saturated rings. The summed E-state index contributed by atoms with van der Waals surface area (Å²) >= 11 is 0. The van der Waals surface area contributed by atoms with Gasteiger partial charge >= 0.3 is 0 Å². The van der Waals surface area contributed by atoms with E-state index >= 15 is 0 Å². The number of hydrogen-bond acceptors (Lipinski definition) is 13. The van der Waals surface area contributed by atoms with Crippen LogP contribution in [0, 0.1) is 0 Å². The maximum absolute atomic E-state index is 10.2. The number of aromatic hydroxyl groups is 1. The van der Waals surface area contributed by atoms with Crippen LogP contribution < -0.4 is 9.47 Å². The van der Waals surface area contributed by atoms with E-state index in [1.807, 2.05) is 0 Å². The maximum atomic E-state index is 10.2. The van der Waals surface area contributed by atoms with Crippen LogP contribution in [0.3, 0.4) is 0 Å². The predicted octanol–water partition coefficient (Wildman–Crippen LogP) is -2.08. The zero-order chi connectivity index (χ0) is 28.3. The Morgan fingerprint density at radius 2 is 1.08 bits per heavy atom. The van der Waals surface area contributed by atoms with Crippen molar-refractivity contribution in [2.45, 2.75) is 61.4 Å². The minimum absolute atomic E-state index is 0.0993. The van der Waals surface area contributed by atoms with Crippen molar-refractivity contribution < 1.29 is 64.9 Å². The van der Waals surface area contributed by atoms with Gasteiger partial charge in [0, 0.05) is 6.07 Å². The molecule has 0 amide bonds. The van der Waals surface area contributed by atoms with Gasteiger partial charge in [0.15, 0.2) is 0 Å². The van der Waals surface area contributed by atoms with Crippen molar-refractivity contribution in [3.63, 3.8) is 0 Å². The molecule has 2 aliphatic heterocycles. The zero-order valence-corrected chi connectivity index (χ0v) is 20.5. The summed E-state index contributed by atoms with van der Waals surface area (Å²) in [7, 11) is 0. The number of aliphatic hydroxyl groups is 8. The summed E-state index contributed by atoms with van der Waals surface area (Å²) < 4.78 is 21.8. The lowest BCUT2D eigenvalue weighted by Crippen LogP contribution is -2.60. The first kappa shape index (κ1) is 29.2. The van der Waals surface area contributed by atoms with E-state index in [1.54, 1.807) is 36.4 Å². The Labute approximate surface area is 222 Å². The van der Waals surface area contributed by atoms with Crippen molar-refractivity contribution in [2.75, 3.05) is 13.2 Å². The van der Waals surface area contributed by atoms with Crippen LogP contribution in [0.1, 0.15) is 11.1 Å². The lowest BCUT2D eigenvalue weighted by molar-refractivity contribution is -0.277. The third-order valence-electron chi connectivity index (χ3n) is 6.46. The van der Waals surface area contributed by atoms with Gasteiger partial charge in [-0.15, -0.1) is 0 Å². The molecular formula is C26H32O13. The number of ether oxygens (including phenoxy) is 4. The molecule has 13 heteroatoms. The second-order valence-electron chi connectivity index (χ2n) is 9.29. The van der Waals surface area contributed by atoms with Gasteiger partial charge in [-0.25, -0.2) is 0 Å². The van der Waals surface area contributed by atoms with E-state index in [-0.39, 0.29) is 11.5 Å². The van der Waals surface area contributed by atoms with Crippen LogP contribution in [0.15, 0.2) is 42.5 Å². The van der Waals surface area contributed by atoms with Gasteiger partial charge in [-0.3, -0.25) is 0 Å². The van der Waals surface area contributed by atoms with Crippen LogP contribution in [0.25, 0.3) is 12.2 Å². The number of phenols is 1. The topological polar surface area (TPSA) is 219 Å². The molecule has 9 N–H and O–H groups in total. The van der Waals surface area contributed by atoms with E-state index in [2.05, 4.69) is 0 Å². The van der Waals surface area contributed by atoms with Gasteiger partial charge in [0.2, 0.25) is 12.6 Å². The van der Waals surface area contributed by atoms with Crippen LogP contribution in [0.4, 0.5) is 0 Å². The lowest BCUT2D eigenvalue weighted by Gasteiger charge is -2.39. The molecule has 214 valence electrons. The van der Waals surface area contributed by atoms with Crippen molar-refractivity contribution in [1.82, 2.24) is 0 Å². The first-order valence-corrected chi connectivity index (χ1v) is 12.2. The minimum atomic E-state index is -1.61. The third-order valence-corrected chi connectivity index (χ3v) is 6.46. The smallest absolute Gasteiger partial charge is 0.229 e. The highest BCUT2D eigenvalue weighted by atomic mass is 16.7. The molecule has 39 heavy (non-hydrogen) atoms. The van der Waals surface area contributed by atoms with Crippen LogP contribution in [0.2, 0.25) is 0 Å². The average Bonchev–Trinajstić information content (AvgIpc) is 2.93. The SMILES string of the molecule is OC[C@H]1O[C@@H](Oc2ccc(/C=C\c3cc(O)cc(O[C@@H]4O[C@H](CO)[C@@H](O)[C@H](O)[C@H]4O)c3)cc2)[C@H](O)[C@@H](O)[C@@H]1O. The summed E-state index contributed by atoms with van der Waals surface area (Å²) in [5, 5.41) is 88.7. The molecule has 2 aliphatic rings. The van der Waals surface area contributed by atoms with Crippen LogP contribution in [-0.4, -0.2) is 121 Å². The summed E-state index contributed by atoms with van der Waals surface area (Å²) in [4.78, 5) is 0. The van der Waals surface area contributed by atoms with Crippen molar-refractivity contribution in [3.05, 3.63) is 53.6 Å². The Morgan fingerprint density at radius 3 is 1.59 bits per heavy atom. The van der Waals surface area contributed by atoms with Crippen LogP contribution in [0.5, 0.6) is 17.2 Å². The molecule has 0 spiro atoms. The van der Waals surface area contributed by atoms with Crippen molar-refractivity contribution in [3.8, 4) is 17.2 Å². The number of hydrogen-bond donors (Lipinski definition) is 9. The number of benzene rings is 2. The zero-order valence-electron chi connectivity index (χ0n) is 20.5. The molecular weight excluding hydrogens is 520 g/mol. The Balaban J connectivity index is 1.40. The summed E-state index contributed by atoms with van der Waals surface area (Å²) in [6.45, 7) is -1.18. The van der Waals surface area contributed by atoms with Crippen molar-refractivity contribution in [2.24, 2.45) is 0 Å². The minimum Gasteiger partial charge on any atom is -0.508 e. The fourth-order valence-corrected chi connectivity index (χ4v) is 4.22. The Bertz CT molecular complexity index is 1110. The summed E-state index contributed by atoms with van der Waals surface area (Å²) in [5.41, 5.74) is 1.23. The molecule has 10 atom stereocenters. The van der Waals surface area contributed by atoms with Gasteiger partial charge in [0.25, 0.3) is 0 Å². The molecule has 4 rings (SSSR count). The van der Waals surface area contributed by atoms with E-state index < -0.39 is 74.6 Å². The number of rotatable bonds is 8. The number of aliphatic hydroxyl groups excluding tert-OH is 8. The average molecular weight is 553 g/mol. The standard InChI is InChI=1S/C26H32O13/c27-10-17-19(30)21(32)23(34)25(38-17)36-15-5-3-12(4-6-15)1-2-13-7-14(29)9-16(8-13)37-26-24(35)22(33)20(31)18(11-28)39-26/h1-9,17-35H,10-11H2/b2-1-/t17-,18-,19-,20-,21+,22+,23-,24-,25-,26-/m1/s1. The first-order chi connectivity index (χ1) is 18.6. The highest BCUT2D eigenvalue weighted by molar-refractivity contribution is 5.71. The highest BCUT2D eigenvalue weighted by Crippen LogP contribution is 2.29.